The second kappa shape index (κ2) is 9.02. The lowest BCUT2D eigenvalue weighted by atomic mass is 9.75. The highest BCUT2D eigenvalue weighted by atomic mass is 32.2. The molecule has 8 heteroatoms. The minimum atomic E-state index is -4.28. The largest absolute Gasteiger partial charge is 0.489 e. The molecule has 2 atom stereocenters. The van der Waals surface area contributed by atoms with Crippen LogP contribution in [0.5, 0.6) is 5.75 Å². The van der Waals surface area contributed by atoms with Gasteiger partial charge in [0.2, 0.25) is 11.8 Å². The first-order chi connectivity index (χ1) is 15.4. The lowest BCUT2D eigenvalue weighted by molar-refractivity contribution is -0.128. The maximum Gasteiger partial charge on any atom is 0.266 e. The summed E-state index contributed by atoms with van der Waals surface area (Å²) in [7, 11) is -4.28. The Morgan fingerprint density at radius 2 is 1.82 bits per heavy atom. The Hall–Kier alpha value is -3.13. The summed E-state index contributed by atoms with van der Waals surface area (Å²) in [4.78, 5) is 24.9. The van der Waals surface area contributed by atoms with Crippen LogP contribution in [0.25, 0.3) is 0 Å². The van der Waals surface area contributed by atoms with Crippen molar-refractivity contribution in [3.63, 3.8) is 0 Å². The van der Waals surface area contributed by atoms with Gasteiger partial charge in [0.25, 0.3) is 10.0 Å². The number of nitrogens with one attached hydrogen (secondary N) is 2. The van der Waals surface area contributed by atoms with E-state index in [4.69, 9.17) is 4.74 Å². The van der Waals surface area contributed by atoms with Crippen LogP contribution in [-0.4, -0.2) is 20.2 Å². The quantitative estimate of drug-likeness (QED) is 0.561. The Morgan fingerprint density at radius 3 is 2.36 bits per heavy atom. The minimum absolute atomic E-state index is 0.0292. The molecule has 0 heterocycles. The zero-order valence-electron chi connectivity index (χ0n) is 19.3. The van der Waals surface area contributed by atoms with Crippen molar-refractivity contribution in [2.24, 2.45) is 16.7 Å². The highest BCUT2D eigenvalue weighted by Gasteiger charge is 2.65. The van der Waals surface area contributed by atoms with E-state index < -0.39 is 32.7 Å². The smallest absolute Gasteiger partial charge is 0.266 e. The Labute approximate surface area is 195 Å². The third-order valence-corrected chi connectivity index (χ3v) is 7.48. The molecule has 1 fully saturated rings. The van der Waals surface area contributed by atoms with Crippen molar-refractivity contribution < 1.29 is 22.7 Å². The van der Waals surface area contributed by atoms with Crippen molar-refractivity contribution in [3.05, 3.63) is 66.7 Å². The van der Waals surface area contributed by atoms with Crippen molar-refractivity contribution in [1.29, 1.82) is 0 Å². The lowest BCUT2D eigenvalue weighted by Crippen LogP contribution is -2.43. The molecule has 2 amide bonds. The van der Waals surface area contributed by atoms with Crippen molar-refractivity contribution >= 4 is 27.5 Å². The summed E-state index contributed by atoms with van der Waals surface area (Å²) in [6.07, 6.45) is 2.23. The van der Waals surface area contributed by atoms with Crippen LogP contribution < -0.4 is 14.8 Å². The van der Waals surface area contributed by atoms with Crippen LogP contribution in [0.4, 0.5) is 5.69 Å². The molecule has 176 valence electrons. The molecule has 0 saturated heterocycles. The van der Waals surface area contributed by atoms with E-state index in [1.54, 1.807) is 30.3 Å². The normalized spacial score (nSPS) is 19.9. The topological polar surface area (TPSA) is 102 Å². The van der Waals surface area contributed by atoms with E-state index in [0.717, 1.165) is 0 Å². The van der Waals surface area contributed by atoms with Gasteiger partial charge in [0.05, 0.1) is 11.1 Å². The van der Waals surface area contributed by atoms with E-state index in [0.29, 0.717) is 17.7 Å². The van der Waals surface area contributed by atoms with Gasteiger partial charge in [-0.3, -0.25) is 9.59 Å². The van der Waals surface area contributed by atoms with E-state index in [1.807, 2.05) is 39.0 Å². The zero-order chi connectivity index (χ0) is 24.4. The highest BCUT2D eigenvalue weighted by molar-refractivity contribution is 7.90. The molecule has 2 N–H and O–H groups in total. The molecule has 3 rings (SSSR count). The van der Waals surface area contributed by atoms with Crippen molar-refractivity contribution in [3.8, 4) is 5.75 Å². The lowest BCUT2D eigenvalue weighted by Gasteiger charge is -2.30. The van der Waals surface area contributed by atoms with Crippen LogP contribution in [0.2, 0.25) is 0 Å². The molecule has 7 nitrogen and oxygen atoms in total. The molecule has 1 aliphatic rings. The number of benzene rings is 2. The Kier molecular flexibility index (Phi) is 6.70. The van der Waals surface area contributed by atoms with E-state index in [-0.39, 0.29) is 23.1 Å². The van der Waals surface area contributed by atoms with Gasteiger partial charge in [-0.05, 0) is 36.0 Å². The molecular weight excluding hydrogens is 440 g/mol. The first-order valence-electron chi connectivity index (χ1n) is 10.7. The van der Waals surface area contributed by atoms with Crippen LogP contribution in [-0.2, 0) is 26.2 Å². The van der Waals surface area contributed by atoms with Crippen LogP contribution in [0.3, 0.4) is 0 Å². The summed E-state index contributed by atoms with van der Waals surface area (Å²) in [5.74, 6) is -0.512. The molecule has 1 saturated carbocycles. The summed E-state index contributed by atoms with van der Waals surface area (Å²) >= 11 is 0. The number of allylic oxidation sites excluding steroid dienone is 1. The van der Waals surface area contributed by atoms with Gasteiger partial charge in [-0.2, -0.15) is 0 Å². The fourth-order valence-corrected chi connectivity index (χ4v) is 5.47. The van der Waals surface area contributed by atoms with Crippen LogP contribution >= 0.6 is 0 Å². The van der Waals surface area contributed by atoms with Crippen molar-refractivity contribution in [2.45, 2.75) is 45.6 Å². The van der Waals surface area contributed by atoms with Gasteiger partial charge in [-0.15, -0.1) is 6.58 Å². The van der Waals surface area contributed by atoms with Gasteiger partial charge in [0.15, 0.2) is 0 Å². The molecule has 2 aromatic rings. The number of hydrogen-bond donors (Lipinski definition) is 2. The average Bonchev–Trinajstić information content (AvgIpc) is 3.49. The summed E-state index contributed by atoms with van der Waals surface area (Å²) in [5, 5.41) is 2.60. The van der Waals surface area contributed by atoms with Gasteiger partial charge in [-0.25, -0.2) is 13.1 Å². The van der Waals surface area contributed by atoms with Crippen LogP contribution in [0.15, 0.2) is 66.1 Å². The summed E-state index contributed by atoms with van der Waals surface area (Å²) in [6.45, 7) is 10.8. The zero-order valence-corrected chi connectivity index (χ0v) is 20.2. The second-order valence-corrected chi connectivity index (χ2v) is 10.9. The summed E-state index contributed by atoms with van der Waals surface area (Å²) in [6, 6.07) is 13.6. The average molecular weight is 471 g/mol. The fourth-order valence-electron chi connectivity index (χ4n) is 4.22. The van der Waals surface area contributed by atoms with E-state index in [2.05, 4.69) is 16.6 Å². The monoisotopic (exact) mass is 470 g/mol. The number of carbonyl (C=O) groups is 2. The Balaban J connectivity index is 1.94. The number of para-hydroxylation sites is 2. The maximum absolute atomic E-state index is 13.3. The number of hydrogen-bond acceptors (Lipinski definition) is 5. The SMILES string of the molecule is C=C[C@@H]1C[C@@]1(C(=O)NS(=O)(=O)c1cccc(COc2ccccc2)c1NC(C)=O)C(C)(C)C. The molecule has 0 aliphatic heterocycles. The molecule has 33 heavy (non-hydrogen) atoms. The van der Waals surface area contributed by atoms with Gasteiger partial charge in [0, 0.05) is 12.5 Å². The van der Waals surface area contributed by atoms with Crippen molar-refractivity contribution in [2.75, 3.05) is 5.32 Å². The number of ether oxygens (including phenoxy) is 1. The third kappa shape index (κ3) is 4.95. The Bertz CT molecular complexity index is 1170. The van der Waals surface area contributed by atoms with Crippen molar-refractivity contribution in [1.82, 2.24) is 4.72 Å². The predicted molar refractivity (Wildman–Crippen MR) is 127 cm³/mol. The fraction of sp³-hybridized carbons (Fsp3) is 0.360. The number of amides is 2. The van der Waals surface area contributed by atoms with Crippen LogP contribution in [0, 0.1) is 16.7 Å². The van der Waals surface area contributed by atoms with Crippen LogP contribution in [0.1, 0.15) is 39.7 Å². The first kappa shape index (κ1) is 24.5. The first-order valence-corrected chi connectivity index (χ1v) is 12.2. The molecule has 0 bridgehead atoms. The molecular formula is C25H30N2O5S. The van der Waals surface area contributed by atoms with Gasteiger partial charge >= 0.3 is 0 Å². The Morgan fingerprint density at radius 1 is 1.15 bits per heavy atom. The molecule has 0 spiro atoms. The third-order valence-electron chi connectivity index (χ3n) is 6.11. The molecule has 0 aromatic heterocycles. The van der Waals surface area contributed by atoms with E-state index in [1.165, 1.54) is 13.0 Å². The summed E-state index contributed by atoms with van der Waals surface area (Å²) < 4.78 is 34.6. The molecule has 1 aliphatic carbocycles. The maximum atomic E-state index is 13.3. The summed E-state index contributed by atoms with van der Waals surface area (Å²) in [5.41, 5.74) is -0.770. The van der Waals surface area contributed by atoms with Gasteiger partial charge in [0.1, 0.15) is 17.3 Å². The molecule has 2 aromatic carbocycles. The molecule has 0 unspecified atom stereocenters. The molecule has 0 radical (unpaired) electrons. The standard InChI is InChI=1S/C25H30N2O5S/c1-6-19-15-25(19,24(3,4)5)23(29)27-33(30,31)21-14-10-11-18(22(21)26-17(2)28)16-32-20-12-8-7-9-13-20/h6-14,19H,1,15-16H2,2-5H3,(H,26,28)(H,27,29)/t19-,25-/m1/s1. The predicted octanol–water partition coefficient (Wildman–Crippen LogP) is 4.27. The van der Waals surface area contributed by atoms with Gasteiger partial charge < -0.3 is 10.1 Å². The number of sulfonamides is 1. The number of anilines is 1. The number of carbonyl (C=O) groups excluding carboxylic acids is 2. The van der Waals surface area contributed by atoms with E-state index in [9.17, 15) is 18.0 Å². The van der Waals surface area contributed by atoms with Gasteiger partial charge in [-0.1, -0.05) is 57.2 Å². The minimum Gasteiger partial charge on any atom is -0.489 e. The van der Waals surface area contributed by atoms with E-state index >= 15 is 0 Å². The highest BCUT2D eigenvalue weighted by Crippen LogP contribution is 2.64. The number of rotatable bonds is 8. The second-order valence-electron chi connectivity index (χ2n) is 9.28.